The Labute approximate surface area is 110 Å². The number of para-hydroxylation sites is 2. The highest BCUT2D eigenvalue weighted by molar-refractivity contribution is 6.04. The number of hydrogen-bond donors (Lipinski definition) is 0. The summed E-state index contributed by atoms with van der Waals surface area (Å²) in [5, 5.41) is 0. The molecule has 0 aliphatic carbocycles. The first-order valence-electron chi connectivity index (χ1n) is 5.95. The molecular weight excluding hydrogens is 240 g/mol. The Kier molecular flexibility index (Phi) is 2.63. The Morgan fingerprint density at radius 3 is 2.26 bits per heavy atom. The number of esters is 1. The van der Waals surface area contributed by atoms with E-state index in [0.717, 1.165) is 22.1 Å². The van der Waals surface area contributed by atoms with Crippen LogP contribution in [-0.4, -0.2) is 23.0 Å². The van der Waals surface area contributed by atoms with Crippen LogP contribution in [0.5, 0.6) is 0 Å². The lowest BCUT2D eigenvalue weighted by Crippen LogP contribution is -2.04. The van der Waals surface area contributed by atoms with Gasteiger partial charge in [0.25, 0.3) is 0 Å². The van der Waals surface area contributed by atoms with Gasteiger partial charge >= 0.3 is 5.97 Å². The van der Waals surface area contributed by atoms with E-state index >= 15 is 0 Å². The number of carbonyl (C=O) groups excluding carboxylic acids is 1. The van der Waals surface area contributed by atoms with Crippen LogP contribution in [0.15, 0.2) is 36.4 Å². The molecule has 2 aromatic carbocycles. The van der Waals surface area contributed by atoms with E-state index in [1.165, 1.54) is 7.11 Å². The fourth-order valence-corrected chi connectivity index (χ4v) is 2.10. The molecule has 0 saturated heterocycles. The molecule has 0 aliphatic rings. The van der Waals surface area contributed by atoms with Gasteiger partial charge in [0.05, 0.1) is 29.2 Å². The van der Waals surface area contributed by atoms with Gasteiger partial charge < -0.3 is 4.74 Å². The summed E-state index contributed by atoms with van der Waals surface area (Å²) in [5.41, 5.74) is 4.35. The van der Waals surface area contributed by atoms with Crippen molar-refractivity contribution in [3.8, 4) is 0 Å². The fourth-order valence-electron chi connectivity index (χ4n) is 2.10. The second-order valence-electron chi connectivity index (χ2n) is 4.33. The number of benzene rings is 2. The Bertz CT molecular complexity index is 797. The average Bonchev–Trinajstić information content (AvgIpc) is 2.45. The van der Waals surface area contributed by atoms with E-state index in [0.29, 0.717) is 11.1 Å². The summed E-state index contributed by atoms with van der Waals surface area (Å²) in [7, 11) is 1.36. The van der Waals surface area contributed by atoms with E-state index in [4.69, 9.17) is 4.74 Å². The van der Waals surface area contributed by atoms with Crippen molar-refractivity contribution >= 4 is 28.0 Å². The van der Waals surface area contributed by atoms with Crippen molar-refractivity contribution in [2.75, 3.05) is 7.11 Å². The number of hydrogen-bond acceptors (Lipinski definition) is 4. The molecule has 0 fully saturated rings. The molecular formula is C15H12N2O2. The quantitative estimate of drug-likeness (QED) is 0.493. The zero-order chi connectivity index (χ0) is 13.4. The van der Waals surface area contributed by atoms with Gasteiger partial charge in [0.1, 0.15) is 5.52 Å². The molecule has 0 bridgehead atoms. The minimum absolute atomic E-state index is 0.394. The van der Waals surface area contributed by atoms with Crippen LogP contribution >= 0.6 is 0 Å². The largest absolute Gasteiger partial charge is 0.465 e. The number of ether oxygens (including phenoxy) is 1. The van der Waals surface area contributed by atoms with Gasteiger partial charge in [-0.05, 0) is 30.7 Å². The molecule has 3 aromatic rings. The molecule has 0 unspecified atom stereocenters. The van der Waals surface area contributed by atoms with Crippen molar-refractivity contribution in [1.29, 1.82) is 0 Å². The third-order valence-corrected chi connectivity index (χ3v) is 3.10. The van der Waals surface area contributed by atoms with Crippen LogP contribution in [0.4, 0.5) is 0 Å². The molecule has 0 atom stereocenters. The topological polar surface area (TPSA) is 52.1 Å². The molecule has 0 N–H and O–H groups in total. The van der Waals surface area contributed by atoms with Crippen molar-refractivity contribution in [3.63, 3.8) is 0 Å². The van der Waals surface area contributed by atoms with Crippen LogP contribution in [0.3, 0.4) is 0 Å². The summed E-state index contributed by atoms with van der Waals surface area (Å²) >= 11 is 0. The molecule has 0 aliphatic heterocycles. The van der Waals surface area contributed by atoms with Crippen molar-refractivity contribution in [3.05, 3.63) is 47.5 Å². The average molecular weight is 252 g/mol. The van der Waals surface area contributed by atoms with Gasteiger partial charge in [-0.2, -0.15) is 0 Å². The van der Waals surface area contributed by atoms with Crippen molar-refractivity contribution in [2.24, 2.45) is 0 Å². The van der Waals surface area contributed by atoms with Gasteiger partial charge in [0.15, 0.2) is 0 Å². The molecule has 1 heterocycles. The minimum atomic E-state index is -0.394. The lowest BCUT2D eigenvalue weighted by atomic mass is 10.1. The first-order chi connectivity index (χ1) is 9.20. The van der Waals surface area contributed by atoms with Crippen LogP contribution in [0.25, 0.3) is 22.1 Å². The first kappa shape index (κ1) is 11.6. The smallest absolute Gasteiger partial charge is 0.340 e. The predicted molar refractivity (Wildman–Crippen MR) is 73.1 cm³/mol. The molecule has 0 amide bonds. The number of carbonyl (C=O) groups is 1. The van der Waals surface area contributed by atoms with Gasteiger partial charge in [0.2, 0.25) is 0 Å². The number of aryl methyl sites for hydroxylation is 1. The van der Waals surface area contributed by atoms with E-state index in [-0.39, 0.29) is 0 Å². The van der Waals surface area contributed by atoms with Crippen LogP contribution in [-0.2, 0) is 4.74 Å². The molecule has 4 nitrogen and oxygen atoms in total. The highest BCUT2D eigenvalue weighted by atomic mass is 16.5. The molecule has 0 saturated carbocycles. The first-order valence-corrected chi connectivity index (χ1v) is 5.95. The third kappa shape index (κ3) is 1.81. The summed E-state index contributed by atoms with van der Waals surface area (Å²) in [6.45, 7) is 1.95. The maximum Gasteiger partial charge on any atom is 0.340 e. The highest BCUT2D eigenvalue weighted by Gasteiger charge is 2.14. The van der Waals surface area contributed by atoms with E-state index in [1.807, 2.05) is 37.3 Å². The number of rotatable bonds is 1. The number of nitrogens with zero attached hydrogens (tertiary/aromatic N) is 2. The van der Waals surface area contributed by atoms with E-state index in [2.05, 4.69) is 9.97 Å². The molecule has 0 spiro atoms. The SMILES string of the molecule is COC(=O)c1ccc(C)c2nc3ccccc3nc12. The minimum Gasteiger partial charge on any atom is -0.465 e. The van der Waals surface area contributed by atoms with Crippen LogP contribution < -0.4 is 0 Å². The normalized spacial score (nSPS) is 10.8. The summed E-state index contributed by atoms with van der Waals surface area (Å²) in [5.74, 6) is -0.394. The van der Waals surface area contributed by atoms with Gasteiger partial charge in [-0.15, -0.1) is 0 Å². The fraction of sp³-hybridized carbons (Fsp3) is 0.133. The molecule has 19 heavy (non-hydrogen) atoms. The Morgan fingerprint density at radius 2 is 1.63 bits per heavy atom. The van der Waals surface area contributed by atoms with Crippen molar-refractivity contribution < 1.29 is 9.53 Å². The number of fused-ring (bicyclic) bond motifs is 2. The molecule has 3 rings (SSSR count). The number of methoxy groups -OCH3 is 1. The van der Waals surface area contributed by atoms with Gasteiger partial charge in [-0.25, -0.2) is 14.8 Å². The molecule has 1 aromatic heterocycles. The van der Waals surface area contributed by atoms with Crippen LogP contribution in [0, 0.1) is 6.92 Å². The van der Waals surface area contributed by atoms with Crippen molar-refractivity contribution in [1.82, 2.24) is 9.97 Å². The Hall–Kier alpha value is -2.49. The predicted octanol–water partition coefficient (Wildman–Crippen LogP) is 2.88. The Morgan fingerprint density at radius 1 is 1.00 bits per heavy atom. The lowest BCUT2D eigenvalue weighted by molar-refractivity contribution is 0.0603. The summed E-state index contributed by atoms with van der Waals surface area (Å²) in [6.07, 6.45) is 0. The third-order valence-electron chi connectivity index (χ3n) is 3.10. The van der Waals surface area contributed by atoms with Gasteiger partial charge in [-0.3, -0.25) is 0 Å². The molecule has 0 radical (unpaired) electrons. The second-order valence-corrected chi connectivity index (χ2v) is 4.33. The van der Waals surface area contributed by atoms with Crippen molar-refractivity contribution in [2.45, 2.75) is 6.92 Å². The summed E-state index contributed by atoms with van der Waals surface area (Å²) < 4.78 is 4.79. The highest BCUT2D eigenvalue weighted by Crippen LogP contribution is 2.22. The van der Waals surface area contributed by atoms with E-state index < -0.39 is 5.97 Å². The molecule has 4 heteroatoms. The van der Waals surface area contributed by atoms with E-state index in [1.54, 1.807) is 6.07 Å². The maximum atomic E-state index is 11.8. The Balaban J connectivity index is 2.44. The summed E-state index contributed by atoms with van der Waals surface area (Å²) in [4.78, 5) is 20.9. The van der Waals surface area contributed by atoms with Crippen LogP contribution in [0.1, 0.15) is 15.9 Å². The van der Waals surface area contributed by atoms with Gasteiger partial charge in [0, 0.05) is 0 Å². The maximum absolute atomic E-state index is 11.8. The van der Waals surface area contributed by atoms with Gasteiger partial charge in [-0.1, -0.05) is 18.2 Å². The zero-order valence-electron chi connectivity index (χ0n) is 10.7. The van der Waals surface area contributed by atoms with E-state index in [9.17, 15) is 4.79 Å². The standard InChI is InChI=1S/C15H12N2O2/c1-9-7-8-10(15(18)19-2)14-13(9)16-11-5-3-4-6-12(11)17-14/h3-8H,1-2H3. The van der Waals surface area contributed by atoms with Crippen LogP contribution in [0.2, 0.25) is 0 Å². The zero-order valence-corrected chi connectivity index (χ0v) is 10.7. The molecule has 94 valence electrons. The lowest BCUT2D eigenvalue weighted by Gasteiger charge is -2.07. The summed E-state index contributed by atoms with van der Waals surface area (Å²) in [6, 6.07) is 11.2. The monoisotopic (exact) mass is 252 g/mol. The second kappa shape index (κ2) is 4.31. The number of aromatic nitrogens is 2.